The van der Waals surface area contributed by atoms with Gasteiger partial charge in [-0.2, -0.15) is 0 Å². The standard InChI is InChI=1S/C13H15N3O3.Ru/c1-10(17)14-7-12(18)15-8-13(19)16(9-15)11-5-3-2-4-6-11;/h2-6H,7-9H2,1H3,(H,14,17);/q;+1/p-1. The van der Waals surface area contributed by atoms with E-state index in [9.17, 15) is 14.4 Å². The minimum absolute atomic E-state index is 0. The molecular formula is C13H14N3O3Ru. The van der Waals surface area contributed by atoms with Crippen molar-refractivity contribution in [3.63, 3.8) is 0 Å². The molecule has 0 atom stereocenters. The van der Waals surface area contributed by atoms with Crippen LogP contribution in [0.15, 0.2) is 30.3 Å². The minimum atomic E-state index is -0.390. The Bertz CT molecular complexity index is 507. The van der Waals surface area contributed by atoms with E-state index in [1.54, 1.807) is 0 Å². The Morgan fingerprint density at radius 3 is 2.50 bits per heavy atom. The zero-order valence-electron chi connectivity index (χ0n) is 10.9. The largest absolute Gasteiger partial charge is 1.00 e. The molecule has 0 unspecified atom stereocenters. The van der Waals surface area contributed by atoms with Gasteiger partial charge in [0, 0.05) is 11.6 Å². The molecule has 1 aliphatic heterocycles. The van der Waals surface area contributed by atoms with E-state index in [0.717, 1.165) is 5.69 Å². The quantitative estimate of drug-likeness (QED) is 0.746. The summed E-state index contributed by atoms with van der Waals surface area (Å²) < 4.78 is 0. The van der Waals surface area contributed by atoms with Gasteiger partial charge in [-0.3, -0.25) is 14.5 Å². The van der Waals surface area contributed by atoms with Crippen LogP contribution < -0.4 is 4.90 Å². The van der Waals surface area contributed by atoms with E-state index in [1.807, 2.05) is 30.3 Å². The SMILES string of the molecule is CC(=O)[N-]CC(=O)N1CC(=O)N(c2ccccc2)C1.[Ru+]. The van der Waals surface area contributed by atoms with Crippen molar-refractivity contribution < 1.29 is 33.9 Å². The van der Waals surface area contributed by atoms with Crippen molar-refractivity contribution in [1.29, 1.82) is 0 Å². The minimum Gasteiger partial charge on any atom is -0.646 e. The van der Waals surface area contributed by atoms with E-state index in [4.69, 9.17) is 0 Å². The molecule has 0 aliphatic carbocycles. The summed E-state index contributed by atoms with van der Waals surface area (Å²) in [5.41, 5.74) is 0.756. The van der Waals surface area contributed by atoms with Crippen molar-refractivity contribution in [3.05, 3.63) is 35.6 Å². The van der Waals surface area contributed by atoms with Crippen LogP contribution in [0.2, 0.25) is 0 Å². The molecule has 1 aromatic carbocycles. The molecule has 20 heavy (non-hydrogen) atoms. The molecule has 0 N–H and O–H groups in total. The summed E-state index contributed by atoms with van der Waals surface area (Å²) >= 11 is 0. The zero-order valence-corrected chi connectivity index (χ0v) is 12.7. The molecule has 7 heteroatoms. The van der Waals surface area contributed by atoms with Gasteiger partial charge in [-0.15, -0.1) is 0 Å². The second-order valence-electron chi connectivity index (χ2n) is 4.23. The van der Waals surface area contributed by atoms with Crippen LogP contribution >= 0.6 is 0 Å². The Hall–Kier alpha value is -1.75. The third-order valence-corrected chi connectivity index (χ3v) is 2.80. The first-order chi connectivity index (χ1) is 9.08. The van der Waals surface area contributed by atoms with Crippen molar-refractivity contribution in [1.82, 2.24) is 4.90 Å². The Balaban J connectivity index is 0.00000200. The summed E-state index contributed by atoms with van der Waals surface area (Å²) in [6, 6.07) is 9.15. The summed E-state index contributed by atoms with van der Waals surface area (Å²) in [4.78, 5) is 37.3. The fourth-order valence-corrected chi connectivity index (χ4v) is 1.83. The summed E-state index contributed by atoms with van der Waals surface area (Å²) in [5.74, 6) is -0.844. The molecular weight excluding hydrogens is 347 g/mol. The van der Waals surface area contributed by atoms with Gasteiger partial charge in [0.1, 0.15) is 13.2 Å². The smallest absolute Gasteiger partial charge is 0.646 e. The van der Waals surface area contributed by atoms with Gasteiger partial charge < -0.3 is 15.0 Å². The van der Waals surface area contributed by atoms with Gasteiger partial charge in [0.05, 0.1) is 0 Å². The normalized spacial score (nSPS) is 13.9. The van der Waals surface area contributed by atoms with Crippen molar-refractivity contribution in [2.45, 2.75) is 6.92 Å². The van der Waals surface area contributed by atoms with E-state index < -0.39 is 5.91 Å². The molecule has 3 amide bonds. The molecule has 1 aliphatic rings. The number of hydrogen-bond donors (Lipinski definition) is 0. The Kier molecular flexibility index (Phi) is 5.83. The number of anilines is 1. The van der Waals surface area contributed by atoms with Crippen molar-refractivity contribution in [3.8, 4) is 0 Å². The fourth-order valence-electron chi connectivity index (χ4n) is 1.83. The average molecular weight is 361 g/mol. The van der Waals surface area contributed by atoms with Crippen LogP contribution in [0.3, 0.4) is 0 Å². The van der Waals surface area contributed by atoms with Crippen LogP contribution in [0.1, 0.15) is 6.92 Å². The fraction of sp³-hybridized carbons (Fsp3) is 0.308. The number of rotatable bonds is 3. The Morgan fingerprint density at radius 1 is 1.25 bits per heavy atom. The van der Waals surface area contributed by atoms with E-state index >= 15 is 0 Å². The molecule has 1 heterocycles. The molecule has 1 aromatic rings. The topological polar surface area (TPSA) is 71.8 Å². The third kappa shape index (κ3) is 3.87. The summed E-state index contributed by atoms with van der Waals surface area (Å²) in [7, 11) is 0. The first kappa shape index (κ1) is 16.3. The van der Waals surface area contributed by atoms with E-state index in [0.29, 0.717) is 0 Å². The number of hydrogen-bond acceptors (Lipinski definition) is 3. The van der Waals surface area contributed by atoms with Gasteiger partial charge in [0.15, 0.2) is 0 Å². The van der Waals surface area contributed by atoms with Gasteiger partial charge in [0.2, 0.25) is 11.8 Å². The molecule has 0 bridgehead atoms. The van der Waals surface area contributed by atoms with E-state index in [-0.39, 0.29) is 51.1 Å². The van der Waals surface area contributed by atoms with Gasteiger partial charge in [-0.05, 0) is 25.6 Å². The molecule has 0 aromatic heterocycles. The maximum Gasteiger partial charge on any atom is 1.00 e. The molecule has 1 radical (unpaired) electrons. The maximum absolute atomic E-state index is 11.9. The number of amides is 3. The van der Waals surface area contributed by atoms with Gasteiger partial charge in [-0.25, -0.2) is 0 Å². The summed E-state index contributed by atoms with van der Waals surface area (Å²) in [6.07, 6.45) is 0. The van der Waals surface area contributed by atoms with Crippen molar-refractivity contribution in [2.24, 2.45) is 0 Å². The maximum atomic E-state index is 11.9. The van der Waals surface area contributed by atoms with Crippen LogP contribution in [-0.2, 0) is 33.9 Å². The third-order valence-electron chi connectivity index (χ3n) is 2.80. The summed E-state index contributed by atoms with van der Waals surface area (Å²) in [5, 5.41) is 3.53. The van der Waals surface area contributed by atoms with Crippen LogP contribution in [0, 0.1) is 0 Å². The molecule has 0 saturated carbocycles. The molecule has 2 rings (SSSR count). The first-order valence-electron chi connectivity index (χ1n) is 5.89. The predicted octanol–water partition coefficient (Wildman–Crippen LogP) is 0.737. The Morgan fingerprint density at radius 2 is 1.90 bits per heavy atom. The number of nitrogens with zero attached hydrogens (tertiary/aromatic N) is 3. The molecule has 0 spiro atoms. The average Bonchev–Trinajstić information content (AvgIpc) is 2.79. The van der Waals surface area contributed by atoms with E-state index in [1.165, 1.54) is 16.7 Å². The summed E-state index contributed by atoms with van der Waals surface area (Å²) in [6.45, 7) is 1.32. The number of carbonyl (C=O) groups is 3. The second-order valence-corrected chi connectivity index (χ2v) is 4.23. The molecule has 1 fully saturated rings. The number of benzene rings is 1. The van der Waals surface area contributed by atoms with Gasteiger partial charge in [0.25, 0.3) is 0 Å². The number of carbonyl (C=O) groups excluding carboxylic acids is 3. The number of para-hydroxylation sites is 1. The van der Waals surface area contributed by atoms with Crippen LogP contribution in [0.25, 0.3) is 5.32 Å². The van der Waals surface area contributed by atoms with Gasteiger partial charge >= 0.3 is 19.5 Å². The predicted molar refractivity (Wildman–Crippen MR) is 69.4 cm³/mol. The zero-order chi connectivity index (χ0) is 13.8. The van der Waals surface area contributed by atoms with Gasteiger partial charge in [-0.1, -0.05) is 18.2 Å². The van der Waals surface area contributed by atoms with Crippen LogP contribution in [-0.4, -0.2) is 42.4 Å². The van der Waals surface area contributed by atoms with Crippen LogP contribution in [0.4, 0.5) is 5.69 Å². The monoisotopic (exact) mass is 362 g/mol. The molecule has 107 valence electrons. The molecule has 1 saturated heterocycles. The first-order valence-corrected chi connectivity index (χ1v) is 5.89. The Labute approximate surface area is 129 Å². The molecule has 6 nitrogen and oxygen atoms in total. The van der Waals surface area contributed by atoms with Crippen LogP contribution in [0.5, 0.6) is 0 Å². The second kappa shape index (κ2) is 7.15. The van der Waals surface area contributed by atoms with Crippen molar-refractivity contribution >= 4 is 23.4 Å². The van der Waals surface area contributed by atoms with Crippen molar-refractivity contribution in [2.75, 3.05) is 24.7 Å². The van der Waals surface area contributed by atoms with E-state index in [2.05, 4.69) is 5.32 Å².